The number of anilines is 1. The number of halogens is 1. The quantitative estimate of drug-likeness (QED) is 0.796. The third kappa shape index (κ3) is 2.09. The Morgan fingerprint density at radius 1 is 1.29 bits per heavy atom. The third-order valence-electron chi connectivity index (χ3n) is 2.38. The van der Waals surface area contributed by atoms with Crippen LogP contribution in [0, 0.1) is 6.92 Å². The first-order valence-electron chi connectivity index (χ1n) is 4.87. The summed E-state index contributed by atoms with van der Waals surface area (Å²) in [5.41, 5.74) is 5.95. The predicted octanol–water partition coefficient (Wildman–Crippen LogP) is 1.07. The molecule has 0 saturated heterocycles. The number of nitrogens with zero attached hydrogens (tertiary/aromatic N) is 1. The molecule has 0 aliphatic heterocycles. The Balaban J connectivity index is 2.81. The zero-order valence-corrected chi connectivity index (χ0v) is 9.78. The van der Waals surface area contributed by atoms with E-state index in [1.54, 1.807) is 18.2 Å². The second kappa shape index (κ2) is 4.10. The normalized spacial score (nSPS) is 10.5. The minimum absolute atomic E-state index is 0.0733. The molecule has 3 N–H and O–H groups in total. The molecule has 0 bridgehead atoms. The van der Waals surface area contributed by atoms with Crippen LogP contribution in [0.1, 0.15) is 5.56 Å². The molecule has 0 amide bonds. The molecule has 0 aliphatic rings. The molecule has 0 atom stereocenters. The highest BCUT2D eigenvalue weighted by Gasteiger charge is 2.08. The van der Waals surface area contributed by atoms with Gasteiger partial charge in [0.15, 0.2) is 0 Å². The minimum Gasteiger partial charge on any atom is -0.385 e. The van der Waals surface area contributed by atoms with Crippen LogP contribution in [0.25, 0.3) is 5.69 Å². The van der Waals surface area contributed by atoms with Gasteiger partial charge in [-0.1, -0.05) is 17.7 Å². The van der Waals surface area contributed by atoms with Crippen molar-refractivity contribution in [1.82, 2.24) is 9.55 Å². The van der Waals surface area contributed by atoms with Gasteiger partial charge in [-0.2, -0.15) is 0 Å². The zero-order chi connectivity index (χ0) is 12.6. The lowest BCUT2D eigenvalue weighted by Crippen LogP contribution is -2.30. The van der Waals surface area contributed by atoms with Crippen molar-refractivity contribution in [2.24, 2.45) is 0 Å². The number of rotatable bonds is 1. The maximum Gasteiger partial charge on any atom is 0.334 e. The third-order valence-corrected chi connectivity index (χ3v) is 2.62. The molecule has 2 rings (SSSR count). The highest BCUT2D eigenvalue weighted by Crippen LogP contribution is 2.19. The highest BCUT2D eigenvalue weighted by molar-refractivity contribution is 6.30. The first kappa shape index (κ1) is 11.5. The molecule has 0 aliphatic carbocycles. The monoisotopic (exact) mass is 251 g/mol. The van der Waals surface area contributed by atoms with Gasteiger partial charge in [-0.05, 0) is 24.6 Å². The topological polar surface area (TPSA) is 80.9 Å². The van der Waals surface area contributed by atoms with E-state index >= 15 is 0 Å². The fourth-order valence-electron chi connectivity index (χ4n) is 1.59. The summed E-state index contributed by atoms with van der Waals surface area (Å²) in [6, 6.07) is 6.26. The Kier molecular flexibility index (Phi) is 2.77. The summed E-state index contributed by atoms with van der Waals surface area (Å²) in [7, 11) is 0. The molecule has 0 unspecified atom stereocenters. The summed E-state index contributed by atoms with van der Waals surface area (Å²) in [5.74, 6) is 0.0733. The van der Waals surface area contributed by atoms with Gasteiger partial charge in [0.25, 0.3) is 5.56 Å². The van der Waals surface area contributed by atoms with Crippen LogP contribution in [-0.4, -0.2) is 9.55 Å². The second-order valence-electron chi connectivity index (χ2n) is 3.63. The fraction of sp³-hybridized carbons (Fsp3) is 0.0909. The first-order valence-corrected chi connectivity index (χ1v) is 5.25. The van der Waals surface area contributed by atoms with Gasteiger partial charge in [0.2, 0.25) is 0 Å². The van der Waals surface area contributed by atoms with Crippen molar-refractivity contribution in [1.29, 1.82) is 0 Å². The number of hydrogen-bond donors (Lipinski definition) is 2. The van der Waals surface area contributed by atoms with Gasteiger partial charge >= 0.3 is 5.69 Å². The van der Waals surface area contributed by atoms with Crippen LogP contribution in [0.4, 0.5) is 5.82 Å². The van der Waals surface area contributed by atoms with Gasteiger partial charge in [-0.15, -0.1) is 0 Å². The maximum atomic E-state index is 11.7. The van der Waals surface area contributed by atoms with Gasteiger partial charge < -0.3 is 5.73 Å². The Bertz CT molecular complexity index is 688. The number of aryl methyl sites for hydroxylation is 1. The molecule has 0 fully saturated rings. The SMILES string of the molecule is Cc1ccc(Cl)cc1-n1c(N)cc(=O)[nH]c1=O. The van der Waals surface area contributed by atoms with Crippen LogP contribution in [0.2, 0.25) is 5.02 Å². The number of nitrogens with one attached hydrogen (secondary N) is 1. The summed E-state index contributed by atoms with van der Waals surface area (Å²) in [6.45, 7) is 1.82. The number of nitrogens with two attached hydrogens (primary N) is 1. The maximum absolute atomic E-state index is 11.7. The standard InChI is InChI=1S/C11H10ClN3O2/c1-6-2-3-7(12)4-8(6)15-9(13)5-10(16)14-11(15)17/h2-5H,13H2,1H3,(H,14,16,17). The molecule has 6 heteroatoms. The van der Waals surface area contributed by atoms with E-state index in [0.717, 1.165) is 11.6 Å². The molecule has 0 saturated carbocycles. The van der Waals surface area contributed by atoms with Crippen LogP contribution < -0.4 is 17.0 Å². The van der Waals surface area contributed by atoms with E-state index < -0.39 is 11.2 Å². The summed E-state index contributed by atoms with van der Waals surface area (Å²) >= 11 is 5.87. The van der Waals surface area contributed by atoms with Crippen molar-refractivity contribution in [2.75, 3.05) is 5.73 Å². The van der Waals surface area contributed by atoms with Crippen molar-refractivity contribution >= 4 is 17.4 Å². The number of H-pyrrole nitrogens is 1. The zero-order valence-electron chi connectivity index (χ0n) is 9.03. The summed E-state index contributed by atoms with van der Waals surface area (Å²) in [5, 5.41) is 0.489. The van der Waals surface area contributed by atoms with Gasteiger partial charge in [-0.25, -0.2) is 9.36 Å². The Morgan fingerprint density at radius 2 is 2.00 bits per heavy atom. The van der Waals surface area contributed by atoms with Crippen LogP contribution in [-0.2, 0) is 0 Å². The Labute approximate surface area is 101 Å². The lowest BCUT2D eigenvalue weighted by Gasteiger charge is -2.11. The van der Waals surface area contributed by atoms with E-state index in [1.807, 2.05) is 6.92 Å². The molecule has 1 aromatic heterocycles. The largest absolute Gasteiger partial charge is 0.385 e. The number of nitrogen functional groups attached to an aromatic ring is 1. The molecule has 1 aromatic carbocycles. The summed E-state index contributed by atoms with van der Waals surface area (Å²) < 4.78 is 1.21. The second-order valence-corrected chi connectivity index (χ2v) is 4.07. The highest BCUT2D eigenvalue weighted by atomic mass is 35.5. The van der Waals surface area contributed by atoms with Crippen molar-refractivity contribution in [3.05, 3.63) is 55.7 Å². The molecule has 88 valence electrons. The predicted molar refractivity (Wildman–Crippen MR) is 66.8 cm³/mol. The van der Waals surface area contributed by atoms with Crippen molar-refractivity contribution in [3.8, 4) is 5.69 Å². The average molecular weight is 252 g/mol. The Morgan fingerprint density at radius 3 is 2.65 bits per heavy atom. The van der Waals surface area contributed by atoms with E-state index in [9.17, 15) is 9.59 Å². The van der Waals surface area contributed by atoms with Crippen LogP contribution in [0.5, 0.6) is 0 Å². The van der Waals surface area contributed by atoms with E-state index in [-0.39, 0.29) is 5.82 Å². The van der Waals surface area contributed by atoms with Crippen molar-refractivity contribution in [3.63, 3.8) is 0 Å². The van der Waals surface area contributed by atoms with Gasteiger partial charge in [0, 0.05) is 11.1 Å². The van der Waals surface area contributed by atoms with E-state index in [4.69, 9.17) is 17.3 Å². The average Bonchev–Trinajstić information content (AvgIpc) is 2.21. The lowest BCUT2D eigenvalue weighted by atomic mass is 10.2. The first-order chi connectivity index (χ1) is 7.99. The molecule has 0 spiro atoms. The summed E-state index contributed by atoms with van der Waals surface area (Å²) in [4.78, 5) is 24.9. The molecule has 0 radical (unpaired) electrons. The molecule has 1 heterocycles. The molecular weight excluding hydrogens is 242 g/mol. The fourth-order valence-corrected chi connectivity index (χ4v) is 1.75. The molecule has 5 nitrogen and oxygen atoms in total. The molecule has 2 aromatic rings. The number of aromatic amines is 1. The van der Waals surface area contributed by atoms with E-state index in [0.29, 0.717) is 10.7 Å². The molecule has 17 heavy (non-hydrogen) atoms. The number of hydrogen-bond acceptors (Lipinski definition) is 3. The minimum atomic E-state index is -0.583. The van der Waals surface area contributed by atoms with Crippen LogP contribution >= 0.6 is 11.6 Å². The lowest BCUT2D eigenvalue weighted by molar-refractivity contribution is 0.902. The van der Waals surface area contributed by atoms with Crippen LogP contribution in [0.15, 0.2) is 33.9 Å². The number of aromatic nitrogens is 2. The molecular formula is C11H10ClN3O2. The van der Waals surface area contributed by atoms with Crippen molar-refractivity contribution in [2.45, 2.75) is 6.92 Å². The van der Waals surface area contributed by atoms with Crippen LogP contribution in [0.3, 0.4) is 0 Å². The van der Waals surface area contributed by atoms with E-state index in [2.05, 4.69) is 4.98 Å². The number of benzene rings is 1. The smallest absolute Gasteiger partial charge is 0.334 e. The van der Waals surface area contributed by atoms with Gasteiger partial charge in [0.1, 0.15) is 5.82 Å². The van der Waals surface area contributed by atoms with Gasteiger partial charge in [-0.3, -0.25) is 9.78 Å². The van der Waals surface area contributed by atoms with Crippen molar-refractivity contribution < 1.29 is 0 Å². The summed E-state index contributed by atoms with van der Waals surface area (Å²) in [6.07, 6.45) is 0. The van der Waals surface area contributed by atoms with E-state index in [1.165, 1.54) is 4.57 Å². The Hall–Kier alpha value is -2.01. The van der Waals surface area contributed by atoms with Gasteiger partial charge in [0.05, 0.1) is 5.69 Å².